The molecule has 7 heteroatoms. The van der Waals surface area contributed by atoms with Gasteiger partial charge < -0.3 is 14.8 Å². The maximum atomic E-state index is 12.2. The summed E-state index contributed by atoms with van der Waals surface area (Å²) in [4.78, 5) is 24.3. The van der Waals surface area contributed by atoms with Gasteiger partial charge in [-0.15, -0.1) is 11.3 Å². The summed E-state index contributed by atoms with van der Waals surface area (Å²) in [7, 11) is 0. The van der Waals surface area contributed by atoms with Gasteiger partial charge in [0.15, 0.2) is 6.10 Å². The van der Waals surface area contributed by atoms with Crippen molar-refractivity contribution in [1.82, 2.24) is 0 Å². The van der Waals surface area contributed by atoms with Gasteiger partial charge >= 0.3 is 5.97 Å². The van der Waals surface area contributed by atoms with Gasteiger partial charge in [-0.2, -0.15) is 5.26 Å². The number of carbonyl (C=O) groups is 2. The van der Waals surface area contributed by atoms with Crippen LogP contribution >= 0.6 is 11.3 Å². The zero-order chi connectivity index (χ0) is 19.1. The molecule has 0 spiro atoms. The lowest BCUT2D eigenvalue weighted by atomic mass is 10.2. The number of hydrogen-bond donors (Lipinski definition) is 1. The Bertz CT molecular complexity index is 806. The minimum Gasteiger partial charge on any atom is -0.493 e. The number of benzene rings is 1. The topological polar surface area (TPSA) is 88.4 Å². The third-order valence-corrected chi connectivity index (χ3v) is 4.18. The van der Waals surface area contributed by atoms with Gasteiger partial charge in [0.2, 0.25) is 0 Å². The van der Waals surface area contributed by atoms with Crippen LogP contribution in [0.1, 0.15) is 36.7 Å². The first-order valence-corrected chi connectivity index (χ1v) is 9.01. The third kappa shape index (κ3) is 5.33. The summed E-state index contributed by atoms with van der Waals surface area (Å²) in [6.45, 7) is 6.17. The fraction of sp³-hybridized carbons (Fsp3) is 0.316. The molecule has 1 atom stereocenters. The van der Waals surface area contributed by atoms with Crippen LogP contribution in [-0.4, -0.2) is 24.6 Å². The SMILES string of the molecule is CC(C)COc1ccc(C(=O)O[C@@H](C)C(=O)Nc2sccc2C#N)cc1. The molecule has 0 fully saturated rings. The summed E-state index contributed by atoms with van der Waals surface area (Å²) in [5.41, 5.74) is 0.703. The highest BCUT2D eigenvalue weighted by atomic mass is 32.1. The highest BCUT2D eigenvalue weighted by molar-refractivity contribution is 7.14. The van der Waals surface area contributed by atoms with Crippen LogP contribution in [0.25, 0.3) is 0 Å². The number of hydrogen-bond acceptors (Lipinski definition) is 6. The van der Waals surface area contributed by atoms with Crippen molar-refractivity contribution in [3.05, 3.63) is 46.8 Å². The average Bonchev–Trinajstić information content (AvgIpc) is 3.07. The van der Waals surface area contributed by atoms with Crippen molar-refractivity contribution in [2.24, 2.45) is 5.92 Å². The number of anilines is 1. The average molecular weight is 372 g/mol. The minimum absolute atomic E-state index is 0.329. The molecule has 0 saturated carbocycles. The van der Waals surface area contributed by atoms with Crippen LogP contribution in [0.2, 0.25) is 0 Å². The Morgan fingerprint density at radius 2 is 1.88 bits per heavy atom. The highest BCUT2D eigenvalue weighted by Gasteiger charge is 2.20. The maximum Gasteiger partial charge on any atom is 0.338 e. The molecule has 0 aliphatic rings. The van der Waals surface area contributed by atoms with Gasteiger partial charge in [0.05, 0.1) is 17.7 Å². The Labute approximate surface area is 156 Å². The minimum atomic E-state index is -0.993. The van der Waals surface area contributed by atoms with Gasteiger partial charge in [-0.1, -0.05) is 13.8 Å². The van der Waals surface area contributed by atoms with E-state index in [9.17, 15) is 9.59 Å². The summed E-state index contributed by atoms with van der Waals surface area (Å²) < 4.78 is 10.7. The van der Waals surface area contributed by atoms with Crippen LogP contribution < -0.4 is 10.1 Å². The molecule has 1 aromatic carbocycles. The van der Waals surface area contributed by atoms with E-state index in [0.29, 0.717) is 34.4 Å². The van der Waals surface area contributed by atoms with Crippen LogP contribution in [0.4, 0.5) is 5.00 Å². The lowest BCUT2D eigenvalue weighted by Gasteiger charge is -2.13. The Morgan fingerprint density at radius 1 is 1.19 bits per heavy atom. The number of esters is 1. The van der Waals surface area contributed by atoms with Crippen LogP contribution in [-0.2, 0) is 9.53 Å². The molecular weight excluding hydrogens is 352 g/mol. The number of nitrogens with zero attached hydrogens (tertiary/aromatic N) is 1. The van der Waals surface area contributed by atoms with Gasteiger partial charge in [-0.3, -0.25) is 4.79 Å². The van der Waals surface area contributed by atoms with E-state index in [4.69, 9.17) is 14.7 Å². The van der Waals surface area contributed by atoms with E-state index in [0.717, 1.165) is 0 Å². The molecule has 6 nitrogen and oxygen atoms in total. The zero-order valence-electron chi connectivity index (χ0n) is 14.8. The normalized spacial score (nSPS) is 11.5. The van der Waals surface area contributed by atoms with Crippen molar-refractivity contribution in [2.45, 2.75) is 26.9 Å². The van der Waals surface area contributed by atoms with Crippen molar-refractivity contribution in [2.75, 3.05) is 11.9 Å². The molecule has 1 N–H and O–H groups in total. The van der Waals surface area contributed by atoms with Gasteiger partial charge in [0, 0.05) is 0 Å². The number of carbonyl (C=O) groups excluding carboxylic acids is 2. The smallest absolute Gasteiger partial charge is 0.338 e. The second kappa shape index (κ2) is 9.02. The zero-order valence-corrected chi connectivity index (χ0v) is 15.6. The van der Waals surface area contributed by atoms with Crippen molar-refractivity contribution < 1.29 is 19.1 Å². The second-order valence-electron chi connectivity index (χ2n) is 6.04. The van der Waals surface area contributed by atoms with Crippen LogP contribution in [0.5, 0.6) is 5.75 Å². The lowest BCUT2D eigenvalue weighted by Crippen LogP contribution is -2.29. The van der Waals surface area contributed by atoms with Gasteiger partial charge in [-0.05, 0) is 48.6 Å². The summed E-state index contributed by atoms with van der Waals surface area (Å²) >= 11 is 1.23. The molecule has 2 rings (SSSR count). The molecule has 0 unspecified atom stereocenters. The molecule has 1 aromatic heterocycles. The Balaban J connectivity index is 1.91. The van der Waals surface area contributed by atoms with Crippen molar-refractivity contribution >= 4 is 28.2 Å². The molecule has 0 aliphatic heterocycles. The van der Waals surface area contributed by atoms with E-state index >= 15 is 0 Å². The molecule has 0 aliphatic carbocycles. The Kier molecular flexibility index (Phi) is 6.75. The lowest BCUT2D eigenvalue weighted by molar-refractivity contribution is -0.123. The summed E-state index contributed by atoms with van der Waals surface area (Å²) in [6, 6.07) is 10.2. The second-order valence-corrected chi connectivity index (χ2v) is 6.96. The van der Waals surface area contributed by atoms with Gasteiger partial charge in [0.25, 0.3) is 5.91 Å². The molecular formula is C19H20N2O4S. The first-order chi connectivity index (χ1) is 12.4. The highest BCUT2D eigenvalue weighted by Crippen LogP contribution is 2.22. The monoisotopic (exact) mass is 372 g/mol. The molecule has 26 heavy (non-hydrogen) atoms. The number of ether oxygens (including phenoxy) is 2. The predicted octanol–water partition coefficient (Wildman–Crippen LogP) is 3.84. The molecule has 0 bridgehead atoms. The fourth-order valence-electron chi connectivity index (χ4n) is 1.94. The van der Waals surface area contributed by atoms with Crippen LogP contribution in [0, 0.1) is 17.2 Å². The maximum absolute atomic E-state index is 12.2. The molecule has 1 heterocycles. The van der Waals surface area contributed by atoms with Crippen molar-refractivity contribution in [3.8, 4) is 11.8 Å². The molecule has 0 radical (unpaired) electrons. The number of nitriles is 1. The van der Waals surface area contributed by atoms with E-state index in [1.807, 2.05) is 19.9 Å². The molecule has 1 amide bonds. The fourth-order valence-corrected chi connectivity index (χ4v) is 2.68. The first-order valence-electron chi connectivity index (χ1n) is 8.13. The number of thiophene rings is 1. The summed E-state index contributed by atoms with van der Waals surface area (Å²) in [6.07, 6.45) is -0.993. The predicted molar refractivity (Wildman–Crippen MR) is 99.3 cm³/mol. The van der Waals surface area contributed by atoms with Gasteiger partial charge in [-0.25, -0.2) is 4.79 Å². The largest absolute Gasteiger partial charge is 0.493 e. The first kappa shape index (κ1) is 19.5. The quantitative estimate of drug-likeness (QED) is 0.746. The van der Waals surface area contributed by atoms with Crippen molar-refractivity contribution in [1.29, 1.82) is 5.26 Å². The molecule has 2 aromatic rings. The molecule has 0 saturated heterocycles. The van der Waals surface area contributed by atoms with Crippen molar-refractivity contribution in [3.63, 3.8) is 0 Å². The Hall–Kier alpha value is -2.85. The van der Waals surface area contributed by atoms with Gasteiger partial charge in [0.1, 0.15) is 16.8 Å². The summed E-state index contributed by atoms with van der Waals surface area (Å²) in [5.74, 6) is -0.0180. The number of nitrogens with one attached hydrogen (secondary N) is 1. The summed E-state index contributed by atoms with van der Waals surface area (Å²) in [5, 5.41) is 13.7. The van der Waals surface area contributed by atoms with E-state index in [1.54, 1.807) is 35.7 Å². The van der Waals surface area contributed by atoms with Crippen LogP contribution in [0.15, 0.2) is 35.7 Å². The Morgan fingerprint density at radius 3 is 2.50 bits per heavy atom. The van der Waals surface area contributed by atoms with E-state index in [-0.39, 0.29) is 0 Å². The van der Waals surface area contributed by atoms with Crippen LogP contribution in [0.3, 0.4) is 0 Å². The van der Waals surface area contributed by atoms with E-state index < -0.39 is 18.0 Å². The molecule has 136 valence electrons. The van der Waals surface area contributed by atoms with E-state index in [1.165, 1.54) is 18.3 Å². The standard InChI is InChI=1S/C19H20N2O4S/c1-12(2)11-24-16-6-4-14(5-7-16)19(23)25-13(3)17(22)21-18-15(10-20)8-9-26-18/h4-9,12-13H,11H2,1-3H3,(H,21,22)/t13-/m0/s1. The third-order valence-electron chi connectivity index (χ3n) is 3.35. The van der Waals surface area contributed by atoms with E-state index in [2.05, 4.69) is 5.32 Å². The number of rotatable bonds is 7. The number of amides is 1.